The first-order valence-electron chi connectivity index (χ1n) is 10.4. The molecule has 0 unspecified atom stereocenters. The van der Waals surface area contributed by atoms with Crippen molar-refractivity contribution in [1.82, 2.24) is 14.7 Å². The molecule has 0 N–H and O–H groups in total. The van der Waals surface area contributed by atoms with Crippen molar-refractivity contribution in [2.45, 2.75) is 32.5 Å². The predicted molar refractivity (Wildman–Crippen MR) is 118 cm³/mol. The average Bonchev–Trinajstić information content (AvgIpc) is 3.24. The molecule has 2 heterocycles. The fraction of sp³-hybridized carbons (Fsp3) is 0.240. The average molecular weight is 415 g/mol. The molecule has 1 aliphatic heterocycles. The van der Waals surface area contributed by atoms with Gasteiger partial charge >= 0.3 is 5.97 Å². The van der Waals surface area contributed by atoms with Gasteiger partial charge in [-0.3, -0.25) is 9.48 Å². The van der Waals surface area contributed by atoms with Crippen molar-refractivity contribution in [3.8, 4) is 0 Å². The number of hydrogen-bond acceptors (Lipinski definition) is 4. The van der Waals surface area contributed by atoms with E-state index < -0.39 is 12.1 Å². The molecule has 1 aliphatic rings. The van der Waals surface area contributed by atoms with E-state index in [9.17, 15) is 9.59 Å². The molecule has 0 saturated carbocycles. The molecule has 0 fully saturated rings. The standard InChI is InChI=1S/C25H25N3O3/c1-19(25(30)27-14-13-22-9-5-6-10-23(22)18-27)31-24(29)12-11-21-15-26-28(17-21)16-20-7-3-2-4-8-20/h2-12,15,17,19H,13-14,16,18H2,1H3/b12-11+/t19-/m0/s1. The number of esters is 1. The molecule has 31 heavy (non-hydrogen) atoms. The van der Waals surface area contributed by atoms with Crippen molar-refractivity contribution in [3.63, 3.8) is 0 Å². The van der Waals surface area contributed by atoms with Crippen LogP contribution in [0.4, 0.5) is 0 Å². The summed E-state index contributed by atoms with van der Waals surface area (Å²) in [6, 6.07) is 18.1. The van der Waals surface area contributed by atoms with Gasteiger partial charge in [-0.2, -0.15) is 5.10 Å². The zero-order chi connectivity index (χ0) is 21.6. The minimum atomic E-state index is -0.830. The second-order valence-corrected chi connectivity index (χ2v) is 7.65. The Morgan fingerprint density at radius 3 is 2.65 bits per heavy atom. The van der Waals surface area contributed by atoms with Gasteiger partial charge in [-0.1, -0.05) is 54.6 Å². The summed E-state index contributed by atoms with van der Waals surface area (Å²) in [5.41, 5.74) is 4.35. The molecule has 1 aromatic heterocycles. The number of carbonyl (C=O) groups excluding carboxylic acids is 2. The van der Waals surface area contributed by atoms with Gasteiger partial charge in [0.05, 0.1) is 12.7 Å². The first-order chi connectivity index (χ1) is 15.1. The van der Waals surface area contributed by atoms with Gasteiger partial charge in [0.15, 0.2) is 6.10 Å². The van der Waals surface area contributed by atoms with E-state index in [4.69, 9.17) is 4.74 Å². The van der Waals surface area contributed by atoms with Crippen molar-refractivity contribution in [2.24, 2.45) is 0 Å². The third-order valence-corrected chi connectivity index (χ3v) is 5.34. The normalized spacial score (nSPS) is 14.3. The van der Waals surface area contributed by atoms with Crippen LogP contribution in [0.5, 0.6) is 0 Å². The minimum Gasteiger partial charge on any atom is -0.449 e. The topological polar surface area (TPSA) is 64.4 Å². The highest BCUT2D eigenvalue weighted by molar-refractivity contribution is 5.90. The van der Waals surface area contributed by atoms with E-state index in [0.717, 1.165) is 23.1 Å². The monoisotopic (exact) mass is 415 g/mol. The van der Waals surface area contributed by atoms with Gasteiger partial charge < -0.3 is 9.64 Å². The van der Waals surface area contributed by atoms with Crippen LogP contribution in [0.25, 0.3) is 6.08 Å². The highest BCUT2D eigenvalue weighted by Gasteiger charge is 2.26. The van der Waals surface area contributed by atoms with Crippen LogP contribution in [0.15, 0.2) is 73.1 Å². The highest BCUT2D eigenvalue weighted by Crippen LogP contribution is 2.19. The molecule has 1 amide bonds. The van der Waals surface area contributed by atoms with Gasteiger partial charge in [-0.05, 0) is 36.1 Å². The van der Waals surface area contributed by atoms with Gasteiger partial charge in [0.25, 0.3) is 5.91 Å². The molecule has 0 saturated heterocycles. The van der Waals surface area contributed by atoms with Gasteiger partial charge in [0, 0.05) is 30.9 Å². The third kappa shape index (κ3) is 5.28. The maximum Gasteiger partial charge on any atom is 0.331 e. The van der Waals surface area contributed by atoms with E-state index in [1.807, 2.05) is 54.7 Å². The number of rotatable bonds is 6. The van der Waals surface area contributed by atoms with Gasteiger partial charge in [0.1, 0.15) is 0 Å². The Hall–Kier alpha value is -3.67. The van der Waals surface area contributed by atoms with Crippen LogP contribution in [-0.4, -0.2) is 39.2 Å². The smallest absolute Gasteiger partial charge is 0.331 e. The Balaban J connectivity index is 1.29. The second-order valence-electron chi connectivity index (χ2n) is 7.65. The molecule has 6 nitrogen and oxygen atoms in total. The molecule has 158 valence electrons. The molecule has 3 aromatic rings. The molecule has 2 aromatic carbocycles. The number of nitrogens with zero attached hydrogens (tertiary/aromatic N) is 3. The lowest BCUT2D eigenvalue weighted by Crippen LogP contribution is -2.42. The molecule has 4 rings (SSSR count). The van der Waals surface area contributed by atoms with Gasteiger partial charge in [0.2, 0.25) is 0 Å². The summed E-state index contributed by atoms with van der Waals surface area (Å²) in [4.78, 5) is 26.7. The van der Waals surface area contributed by atoms with Crippen molar-refractivity contribution in [1.29, 1.82) is 0 Å². The zero-order valence-electron chi connectivity index (χ0n) is 17.5. The molecular formula is C25H25N3O3. The first-order valence-corrected chi connectivity index (χ1v) is 10.4. The Labute approximate surface area is 181 Å². The Morgan fingerprint density at radius 2 is 1.84 bits per heavy atom. The fourth-order valence-electron chi connectivity index (χ4n) is 3.69. The summed E-state index contributed by atoms with van der Waals surface area (Å²) < 4.78 is 7.14. The maximum absolute atomic E-state index is 12.7. The number of carbonyl (C=O) groups is 2. The van der Waals surface area contributed by atoms with E-state index >= 15 is 0 Å². The minimum absolute atomic E-state index is 0.174. The second kappa shape index (κ2) is 9.43. The summed E-state index contributed by atoms with van der Waals surface area (Å²) >= 11 is 0. The quantitative estimate of drug-likeness (QED) is 0.457. The van der Waals surface area contributed by atoms with Crippen molar-refractivity contribution in [3.05, 3.63) is 95.3 Å². The number of amides is 1. The third-order valence-electron chi connectivity index (χ3n) is 5.34. The molecule has 0 bridgehead atoms. The summed E-state index contributed by atoms with van der Waals surface area (Å²) in [5, 5.41) is 4.31. The molecule has 0 radical (unpaired) electrons. The fourth-order valence-corrected chi connectivity index (χ4v) is 3.69. The summed E-state index contributed by atoms with van der Waals surface area (Å²) in [6.45, 7) is 3.46. The number of aromatic nitrogens is 2. The van der Waals surface area contributed by atoms with E-state index in [-0.39, 0.29) is 5.91 Å². The first kappa shape index (κ1) is 20.6. The summed E-state index contributed by atoms with van der Waals surface area (Å²) in [6.07, 6.45) is 6.51. The number of hydrogen-bond donors (Lipinski definition) is 0. The lowest BCUT2D eigenvalue weighted by molar-refractivity contribution is -0.155. The van der Waals surface area contributed by atoms with E-state index in [0.29, 0.717) is 19.6 Å². The van der Waals surface area contributed by atoms with Crippen LogP contribution in [0.3, 0.4) is 0 Å². The van der Waals surface area contributed by atoms with Crippen LogP contribution in [0.1, 0.15) is 29.2 Å². The Kier molecular flexibility index (Phi) is 6.26. The van der Waals surface area contributed by atoms with Crippen LogP contribution < -0.4 is 0 Å². The molecule has 0 aliphatic carbocycles. The van der Waals surface area contributed by atoms with Gasteiger partial charge in [-0.15, -0.1) is 0 Å². The van der Waals surface area contributed by atoms with Crippen molar-refractivity contribution in [2.75, 3.05) is 6.54 Å². The van der Waals surface area contributed by atoms with Gasteiger partial charge in [-0.25, -0.2) is 4.79 Å². The lowest BCUT2D eigenvalue weighted by atomic mass is 9.99. The van der Waals surface area contributed by atoms with Crippen molar-refractivity contribution >= 4 is 18.0 Å². The summed E-state index contributed by atoms with van der Waals surface area (Å²) in [7, 11) is 0. The summed E-state index contributed by atoms with van der Waals surface area (Å²) in [5.74, 6) is -0.721. The van der Waals surface area contributed by atoms with Crippen LogP contribution in [0.2, 0.25) is 0 Å². The molecule has 6 heteroatoms. The van der Waals surface area contributed by atoms with Crippen LogP contribution >= 0.6 is 0 Å². The number of fused-ring (bicyclic) bond motifs is 1. The van der Waals surface area contributed by atoms with E-state index in [1.165, 1.54) is 11.6 Å². The number of ether oxygens (including phenoxy) is 1. The SMILES string of the molecule is C[C@H](OC(=O)/C=C/c1cnn(Cc2ccccc2)c1)C(=O)N1CCc2ccccc2C1. The largest absolute Gasteiger partial charge is 0.449 e. The van der Waals surface area contributed by atoms with Crippen molar-refractivity contribution < 1.29 is 14.3 Å². The molecular weight excluding hydrogens is 390 g/mol. The lowest BCUT2D eigenvalue weighted by Gasteiger charge is -2.30. The van der Waals surface area contributed by atoms with Crippen LogP contribution in [-0.2, 0) is 33.8 Å². The molecule has 0 spiro atoms. The molecule has 1 atom stereocenters. The predicted octanol–water partition coefficient (Wildman–Crippen LogP) is 3.46. The Bertz CT molecular complexity index is 1090. The Morgan fingerprint density at radius 1 is 1.10 bits per heavy atom. The maximum atomic E-state index is 12.7. The van der Waals surface area contributed by atoms with Crippen LogP contribution in [0, 0.1) is 0 Å². The zero-order valence-corrected chi connectivity index (χ0v) is 17.5. The number of benzene rings is 2. The van der Waals surface area contributed by atoms with E-state index in [2.05, 4.69) is 11.2 Å². The highest BCUT2D eigenvalue weighted by atomic mass is 16.5. The van der Waals surface area contributed by atoms with E-state index in [1.54, 1.807) is 28.8 Å².